The van der Waals surface area contributed by atoms with Crippen LogP contribution in [0.25, 0.3) is 11.3 Å². The lowest BCUT2D eigenvalue weighted by Gasteiger charge is -2.07. The summed E-state index contributed by atoms with van der Waals surface area (Å²) in [5, 5.41) is 15.7. The van der Waals surface area contributed by atoms with E-state index in [9.17, 15) is 5.11 Å². The lowest BCUT2D eigenvalue weighted by Crippen LogP contribution is -2.00. The number of aromatic hydroxyl groups is 1. The van der Waals surface area contributed by atoms with Crippen LogP contribution in [-0.2, 0) is 0 Å². The number of aromatic nitrogens is 3. The third-order valence-corrected chi connectivity index (χ3v) is 3.18. The number of unbranched alkanes of at least 4 members (excludes halogenated alkanes) is 1. The van der Waals surface area contributed by atoms with E-state index in [4.69, 9.17) is 4.74 Å². The lowest BCUT2D eigenvalue weighted by molar-refractivity contribution is 0.295. The molecule has 5 nitrogen and oxygen atoms in total. The molecule has 0 bridgehead atoms. The Balaban J connectivity index is 2.14. The van der Waals surface area contributed by atoms with Crippen LogP contribution in [0.15, 0.2) is 18.3 Å². The molecule has 0 aromatic carbocycles. The van der Waals surface area contributed by atoms with Gasteiger partial charge in [-0.05, 0) is 35.1 Å². The Bertz CT molecular complexity index is 528. The van der Waals surface area contributed by atoms with Crippen molar-refractivity contribution in [3.63, 3.8) is 0 Å². The van der Waals surface area contributed by atoms with Crippen LogP contribution in [0, 0.1) is 3.57 Å². The predicted octanol–water partition coefficient (Wildman–Crippen LogP) is 2.96. The van der Waals surface area contributed by atoms with E-state index < -0.39 is 0 Å². The zero-order valence-corrected chi connectivity index (χ0v) is 12.1. The molecule has 0 radical (unpaired) electrons. The van der Waals surface area contributed by atoms with Crippen molar-refractivity contribution in [3.8, 4) is 23.0 Å². The molecular formula is C12H14IN3O2. The number of rotatable bonds is 5. The van der Waals surface area contributed by atoms with Crippen molar-refractivity contribution < 1.29 is 9.84 Å². The van der Waals surface area contributed by atoms with Gasteiger partial charge in [0.1, 0.15) is 0 Å². The predicted molar refractivity (Wildman–Crippen MR) is 76.6 cm³/mol. The molecule has 2 N–H and O–H groups in total. The molecule has 0 saturated carbocycles. The van der Waals surface area contributed by atoms with Gasteiger partial charge in [0.2, 0.25) is 11.8 Å². The maximum absolute atomic E-state index is 9.22. The van der Waals surface area contributed by atoms with Crippen molar-refractivity contribution in [2.24, 2.45) is 0 Å². The Labute approximate surface area is 119 Å². The van der Waals surface area contributed by atoms with Crippen molar-refractivity contribution in [1.82, 2.24) is 15.2 Å². The van der Waals surface area contributed by atoms with Gasteiger partial charge in [0.15, 0.2) is 0 Å². The lowest BCUT2D eigenvalue weighted by atomic mass is 10.2. The molecule has 6 heteroatoms. The number of nitrogens with one attached hydrogen (secondary N) is 1. The van der Waals surface area contributed by atoms with E-state index in [0.717, 1.165) is 22.0 Å². The molecule has 0 saturated heterocycles. The first-order chi connectivity index (χ1) is 8.70. The molecule has 2 heterocycles. The Morgan fingerprint density at radius 1 is 1.44 bits per heavy atom. The molecule has 2 rings (SSSR count). The van der Waals surface area contributed by atoms with E-state index in [1.54, 1.807) is 12.3 Å². The van der Waals surface area contributed by atoms with Crippen LogP contribution >= 0.6 is 22.6 Å². The molecule has 96 valence electrons. The summed E-state index contributed by atoms with van der Waals surface area (Å²) in [6.07, 6.45) is 3.81. The second kappa shape index (κ2) is 6.03. The van der Waals surface area contributed by atoms with Gasteiger partial charge < -0.3 is 9.84 Å². The second-order valence-corrected chi connectivity index (χ2v) is 5.01. The summed E-state index contributed by atoms with van der Waals surface area (Å²) in [5.41, 5.74) is 1.51. The van der Waals surface area contributed by atoms with Crippen LogP contribution in [0.1, 0.15) is 19.8 Å². The van der Waals surface area contributed by atoms with E-state index in [-0.39, 0.29) is 5.88 Å². The standard InChI is InChI=1S/C12H14IN3O2/c1-2-3-4-18-12-9(13)5-8(7-14-12)10-6-11(17)16-15-10/h5-7H,2-4H2,1H3,(H2,15,16,17). The minimum atomic E-state index is 0.0447. The third kappa shape index (κ3) is 3.12. The summed E-state index contributed by atoms with van der Waals surface area (Å²) in [6.45, 7) is 2.80. The van der Waals surface area contributed by atoms with Crippen LogP contribution in [0.5, 0.6) is 11.8 Å². The summed E-state index contributed by atoms with van der Waals surface area (Å²) < 4.78 is 6.51. The molecule has 0 aliphatic rings. The highest BCUT2D eigenvalue weighted by Gasteiger charge is 2.08. The summed E-state index contributed by atoms with van der Waals surface area (Å²) in [4.78, 5) is 4.27. The average molecular weight is 359 g/mol. The molecule has 0 spiro atoms. The Morgan fingerprint density at radius 3 is 2.89 bits per heavy atom. The first-order valence-corrected chi connectivity index (χ1v) is 6.81. The van der Waals surface area contributed by atoms with E-state index in [0.29, 0.717) is 18.2 Å². The summed E-state index contributed by atoms with van der Waals surface area (Å²) >= 11 is 2.18. The highest BCUT2D eigenvalue weighted by Crippen LogP contribution is 2.25. The average Bonchev–Trinajstić information content (AvgIpc) is 2.78. The van der Waals surface area contributed by atoms with Crippen molar-refractivity contribution in [1.29, 1.82) is 0 Å². The minimum absolute atomic E-state index is 0.0447. The van der Waals surface area contributed by atoms with Gasteiger partial charge in [0.25, 0.3) is 0 Å². The van der Waals surface area contributed by atoms with Gasteiger partial charge in [-0.3, -0.25) is 0 Å². The smallest absolute Gasteiger partial charge is 0.227 e. The third-order valence-electron chi connectivity index (χ3n) is 2.40. The van der Waals surface area contributed by atoms with Crippen molar-refractivity contribution in [3.05, 3.63) is 21.9 Å². The fourth-order valence-electron chi connectivity index (χ4n) is 1.44. The van der Waals surface area contributed by atoms with Gasteiger partial charge in [-0.1, -0.05) is 13.3 Å². The molecule has 0 fully saturated rings. The number of hydrogen-bond donors (Lipinski definition) is 2. The Kier molecular flexibility index (Phi) is 4.40. The molecular weight excluding hydrogens is 345 g/mol. The molecule has 0 amide bonds. The minimum Gasteiger partial charge on any atom is -0.494 e. The monoisotopic (exact) mass is 359 g/mol. The topological polar surface area (TPSA) is 71.0 Å². The molecule has 0 atom stereocenters. The first kappa shape index (κ1) is 13.1. The second-order valence-electron chi connectivity index (χ2n) is 3.85. The van der Waals surface area contributed by atoms with Gasteiger partial charge >= 0.3 is 0 Å². The number of pyridine rings is 1. The summed E-state index contributed by atoms with van der Waals surface area (Å²) in [7, 11) is 0. The fraction of sp³-hybridized carbons (Fsp3) is 0.333. The molecule has 2 aromatic rings. The van der Waals surface area contributed by atoms with Gasteiger partial charge in [0, 0.05) is 17.8 Å². The molecule has 18 heavy (non-hydrogen) atoms. The van der Waals surface area contributed by atoms with E-state index in [1.807, 2.05) is 6.07 Å². The van der Waals surface area contributed by atoms with Gasteiger partial charge in [-0.2, -0.15) is 5.10 Å². The largest absolute Gasteiger partial charge is 0.494 e. The maximum atomic E-state index is 9.22. The van der Waals surface area contributed by atoms with Crippen LogP contribution in [0.2, 0.25) is 0 Å². The quantitative estimate of drug-likeness (QED) is 0.636. The zero-order chi connectivity index (χ0) is 13.0. The molecule has 0 aliphatic heterocycles. The van der Waals surface area contributed by atoms with Crippen molar-refractivity contribution >= 4 is 22.6 Å². The zero-order valence-electron chi connectivity index (χ0n) is 9.98. The van der Waals surface area contributed by atoms with Crippen molar-refractivity contribution in [2.75, 3.05) is 6.61 Å². The fourth-order valence-corrected chi connectivity index (χ4v) is 2.07. The molecule has 2 aromatic heterocycles. The molecule has 0 aliphatic carbocycles. The van der Waals surface area contributed by atoms with E-state index in [1.165, 1.54) is 0 Å². The van der Waals surface area contributed by atoms with Crippen LogP contribution in [-0.4, -0.2) is 26.9 Å². The normalized spacial score (nSPS) is 10.6. The van der Waals surface area contributed by atoms with Gasteiger partial charge in [-0.25, -0.2) is 10.1 Å². The Morgan fingerprint density at radius 2 is 2.28 bits per heavy atom. The van der Waals surface area contributed by atoms with E-state index >= 15 is 0 Å². The van der Waals surface area contributed by atoms with Crippen LogP contribution < -0.4 is 4.74 Å². The van der Waals surface area contributed by atoms with Crippen LogP contribution in [0.3, 0.4) is 0 Å². The number of H-pyrrole nitrogens is 1. The number of halogens is 1. The van der Waals surface area contributed by atoms with Gasteiger partial charge in [0.05, 0.1) is 15.9 Å². The number of ether oxygens (including phenoxy) is 1. The van der Waals surface area contributed by atoms with Gasteiger partial charge in [-0.15, -0.1) is 0 Å². The summed E-state index contributed by atoms with van der Waals surface area (Å²) in [5.74, 6) is 0.691. The Hall–Kier alpha value is -1.31. The molecule has 0 unspecified atom stereocenters. The maximum Gasteiger partial charge on any atom is 0.227 e. The van der Waals surface area contributed by atoms with E-state index in [2.05, 4.69) is 44.7 Å². The number of nitrogens with zero attached hydrogens (tertiary/aromatic N) is 2. The highest BCUT2D eigenvalue weighted by molar-refractivity contribution is 14.1. The van der Waals surface area contributed by atoms with Crippen LogP contribution in [0.4, 0.5) is 0 Å². The SMILES string of the molecule is CCCCOc1ncc(-c2cc(O)[nH]n2)cc1I. The highest BCUT2D eigenvalue weighted by atomic mass is 127. The number of aromatic amines is 1. The first-order valence-electron chi connectivity index (χ1n) is 5.73. The number of hydrogen-bond acceptors (Lipinski definition) is 4. The van der Waals surface area contributed by atoms with Crippen molar-refractivity contribution in [2.45, 2.75) is 19.8 Å². The summed E-state index contributed by atoms with van der Waals surface area (Å²) in [6, 6.07) is 3.50.